The van der Waals surface area contributed by atoms with Gasteiger partial charge in [-0.2, -0.15) is 8.42 Å². The molecule has 1 aromatic carbocycles. The number of benzene rings is 1. The second-order valence-electron chi connectivity index (χ2n) is 3.89. The number of thiocarbonyl (C=S) groups is 1. The molecular formula is C11H16N2O3S2. The van der Waals surface area contributed by atoms with Gasteiger partial charge in [0.25, 0.3) is 10.1 Å². The van der Waals surface area contributed by atoms with Crippen LogP contribution in [0.2, 0.25) is 0 Å². The van der Waals surface area contributed by atoms with E-state index < -0.39 is 10.1 Å². The van der Waals surface area contributed by atoms with Crippen LogP contribution in [0.4, 0.5) is 5.69 Å². The standard InChI is InChI=1S/C11H16N2O3S2/c1-9-3-5-10(6-4-9)13-11(17)12-7-2-8-18(14,15)16/h3-6H,2,7-8H2,1H3,(H2,12,13,17)(H,14,15,16). The summed E-state index contributed by atoms with van der Waals surface area (Å²) in [6.45, 7) is 2.38. The molecule has 0 unspecified atom stereocenters. The monoisotopic (exact) mass is 288 g/mol. The maximum absolute atomic E-state index is 10.5. The number of aryl methyl sites for hydroxylation is 1. The predicted molar refractivity (Wildman–Crippen MR) is 76.4 cm³/mol. The van der Waals surface area contributed by atoms with Gasteiger partial charge in [0.15, 0.2) is 5.11 Å². The summed E-state index contributed by atoms with van der Waals surface area (Å²) in [6.07, 6.45) is 0.300. The van der Waals surface area contributed by atoms with Crippen molar-refractivity contribution in [3.63, 3.8) is 0 Å². The van der Waals surface area contributed by atoms with Crippen molar-refractivity contribution in [2.24, 2.45) is 0 Å². The fourth-order valence-electron chi connectivity index (χ4n) is 1.27. The second kappa shape index (κ2) is 6.67. The topological polar surface area (TPSA) is 78.4 Å². The first-order valence-electron chi connectivity index (χ1n) is 5.43. The Morgan fingerprint density at radius 3 is 2.50 bits per heavy atom. The van der Waals surface area contributed by atoms with Crippen molar-refractivity contribution in [2.45, 2.75) is 13.3 Å². The van der Waals surface area contributed by atoms with Crippen molar-refractivity contribution in [3.05, 3.63) is 29.8 Å². The van der Waals surface area contributed by atoms with Crippen LogP contribution in [0, 0.1) is 6.92 Å². The van der Waals surface area contributed by atoms with Crippen molar-refractivity contribution in [1.82, 2.24) is 5.32 Å². The zero-order chi connectivity index (χ0) is 13.6. The number of rotatable bonds is 5. The largest absolute Gasteiger partial charge is 0.362 e. The molecule has 0 radical (unpaired) electrons. The summed E-state index contributed by atoms with van der Waals surface area (Å²) in [5, 5.41) is 6.26. The molecule has 100 valence electrons. The number of nitrogens with one attached hydrogen (secondary N) is 2. The molecule has 0 aliphatic rings. The van der Waals surface area contributed by atoms with Crippen LogP contribution in [0.15, 0.2) is 24.3 Å². The maximum Gasteiger partial charge on any atom is 0.264 e. The number of hydrogen-bond donors (Lipinski definition) is 3. The van der Waals surface area contributed by atoms with Gasteiger partial charge in [0.05, 0.1) is 5.75 Å². The molecule has 0 heterocycles. The fourth-order valence-corrected chi connectivity index (χ4v) is 2.00. The van der Waals surface area contributed by atoms with Gasteiger partial charge < -0.3 is 10.6 Å². The molecule has 0 amide bonds. The molecule has 0 atom stereocenters. The van der Waals surface area contributed by atoms with Crippen LogP contribution in [0.25, 0.3) is 0 Å². The lowest BCUT2D eigenvalue weighted by molar-refractivity contribution is 0.481. The van der Waals surface area contributed by atoms with Gasteiger partial charge in [-0.3, -0.25) is 4.55 Å². The van der Waals surface area contributed by atoms with Crippen molar-refractivity contribution in [1.29, 1.82) is 0 Å². The van der Waals surface area contributed by atoms with Gasteiger partial charge in [-0.25, -0.2) is 0 Å². The van der Waals surface area contributed by atoms with E-state index in [9.17, 15) is 8.42 Å². The molecule has 0 bridgehead atoms. The van der Waals surface area contributed by atoms with Crippen LogP contribution >= 0.6 is 12.2 Å². The lowest BCUT2D eigenvalue weighted by Gasteiger charge is -2.10. The number of anilines is 1. The molecule has 0 saturated carbocycles. The highest BCUT2D eigenvalue weighted by atomic mass is 32.2. The zero-order valence-corrected chi connectivity index (χ0v) is 11.6. The summed E-state index contributed by atoms with van der Waals surface area (Å²) >= 11 is 5.04. The van der Waals surface area contributed by atoms with Gasteiger partial charge in [0.1, 0.15) is 0 Å². The van der Waals surface area contributed by atoms with Crippen LogP contribution in [0.1, 0.15) is 12.0 Å². The first-order chi connectivity index (χ1) is 8.37. The summed E-state index contributed by atoms with van der Waals surface area (Å²) in [5.41, 5.74) is 2.03. The summed E-state index contributed by atoms with van der Waals surface area (Å²) in [6, 6.07) is 7.73. The molecule has 0 spiro atoms. The summed E-state index contributed by atoms with van der Waals surface area (Å²) in [4.78, 5) is 0. The van der Waals surface area contributed by atoms with E-state index in [0.29, 0.717) is 18.1 Å². The van der Waals surface area contributed by atoms with Crippen LogP contribution in [0.5, 0.6) is 0 Å². The van der Waals surface area contributed by atoms with E-state index >= 15 is 0 Å². The first kappa shape index (κ1) is 14.9. The average molecular weight is 288 g/mol. The lowest BCUT2D eigenvalue weighted by Crippen LogP contribution is -2.30. The molecule has 0 aromatic heterocycles. The molecule has 1 rings (SSSR count). The van der Waals surface area contributed by atoms with Gasteiger partial charge in [0.2, 0.25) is 0 Å². The summed E-state index contributed by atoms with van der Waals surface area (Å²) in [5.74, 6) is -0.271. The van der Waals surface area contributed by atoms with Crippen LogP contribution in [-0.2, 0) is 10.1 Å². The average Bonchev–Trinajstić information content (AvgIpc) is 2.26. The van der Waals surface area contributed by atoms with Crippen LogP contribution < -0.4 is 10.6 Å². The van der Waals surface area contributed by atoms with Gasteiger partial charge in [0, 0.05) is 12.2 Å². The zero-order valence-electron chi connectivity index (χ0n) is 10.0. The highest BCUT2D eigenvalue weighted by Crippen LogP contribution is 2.08. The minimum absolute atomic E-state index is 0.271. The van der Waals surface area contributed by atoms with Crippen molar-refractivity contribution >= 4 is 33.1 Å². The third-order valence-electron chi connectivity index (χ3n) is 2.17. The predicted octanol–water partition coefficient (Wildman–Crippen LogP) is 1.56. The third-order valence-corrected chi connectivity index (χ3v) is 3.23. The molecule has 1 aromatic rings. The molecular weight excluding hydrogens is 272 g/mol. The third kappa shape index (κ3) is 6.53. The van der Waals surface area contributed by atoms with E-state index in [1.165, 1.54) is 0 Å². The van der Waals surface area contributed by atoms with Crippen molar-refractivity contribution < 1.29 is 13.0 Å². The van der Waals surface area contributed by atoms with E-state index in [-0.39, 0.29) is 5.75 Å². The van der Waals surface area contributed by atoms with E-state index in [0.717, 1.165) is 11.3 Å². The van der Waals surface area contributed by atoms with Gasteiger partial charge in [-0.15, -0.1) is 0 Å². The van der Waals surface area contributed by atoms with Crippen molar-refractivity contribution in [2.75, 3.05) is 17.6 Å². The van der Waals surface area contributed by atoms with E-state index in [1.807, 2.05) is 31.2 Å². The molecule has 0 aliphatic carbocycles. The summed E-state index contributed by atoms with van der Waals surface area (Å²) < 4.78 is 29.5. The first-order valence-corrected chi connectivity index (χ1v) is 7.45. The van der Waals surface area contributed by atoms with E-state index in [2.05, 4.69) is 10.6 Å². The van der Waals surface area contributed by atoms with Gasteiger partial charge in [-0.1, -0.05) is 17.7 Å². The number of hydrogen-bond acceptors (Lipinski definition) is 3. The normalized spacial score (nSPS) is 11.0. The Morgan fingerprint density at radius 2 is 1.94 bits per heavy atom. The Morgan fingerprint density at radius 1 is 1.33 bits per heavy atom. The highest BCUT2D eigenvalue weighted by molar-refractivity contribution is 7.85. The Labute approximate surface area is 112 Å². The fraction of sp³-hybridized carbons (Fsp3) is 0.364. The minimum atomic E-state index is -3.89. The molecule has 0 fully saturated rings. The Kier molecular flexibility index (Phi) is 5.52. The van der Waals surface area contributed by atoms with E-state index in [4.69, 9.17) is 16.8 Å². The maximum atomic E-state index is 10.5. The van der Waals surface area contributed by atoms with Gasteiger partial charge >= 0.3 is 0 Å². The quantitative estimate of drug-likeness (QED) is 0.433. The van der Waals surface area contributed by atoms with Crippen molar-refractivity contribution in [3.8, 4) is 0 Å². The van der Waals surface area contributed by atoms with Gasteiger partial charge in [-0.05, 0) is 37.7 Å². The Balaban J connectivity index is 2.28. The van der Waals surface area contributed by atoms with Crippen LogP contribution in [-0.4, -0.2) is 30.4 Å². The van der Waals surface area contributed by atoms with Crippen LogP contribution in [0.3, 0.4) is 0 Å². The Bertz CT molecular complexity index is 498. The molecule has 5 nitrogen and oxygen atoms in total. The molecule has 0 saturated heterocycles. The minimum Gasteiger partial charge on any atom is -0.362 e. The van der Waals surface area contributed by atoms with E-state index in [1.54, 1.807) is 0 Å². The highest BCUT2D eigenvalue weighted by Gasteiger charge is 2.03. The summed E-state index contributed by atoms with van der Waals surface area (Å²) in [7, 11) is -3.89. The molecule has 0 aliphatic heterocycles. The molecule has 7 heteroatoms. The molecule has 18 heavy (non-hydrogen) atoms. The second-order valence-corrected chi connectivity index (χ2v) is 5.87. The Hall–Kier alpha value is -1.18. The molecule has 3 N–H and O–H groups in total. The lowest BCUT2D eigenvalue weighted by atomic mass is 10.2. The smallest absolute Gasteiger partial charge is 0.264 e. The SMILES string of the molecule is Cc1ccc(NC(=S)NCCCS(=O)(=O)O)cc1.